The Morgan fingerprint density at radius 2 is 1.48 bits per heavy atom. The molecule has 144 valence electrons. The van der Waals surface area contributed by atoms with Crippen molar-refractivity contribution in [3.63, 3.8) is 0 Å². The molecular weight excluding hydrogens is 336 g/mol. The molecule has 1 atom stereocenters. The van der Waals surface area contributed by atoms with Crippen LogP contribution in [0.3, 0.4) is 0 Å². The van der Waals surface area contributed by atoms with Crippen LogP contribution in [0.4, 0.5) is 0 Å². The molecule has 0 fully saturated rings. The number of rotatable bonds is 3. The van der Waals surface area contributed by atoms with Crippen LogP contribution in [0.2, 0.25) is 0 Å². The number of hydrogen-bond acceptors (Lipinski definition) is 3. The van der Waals surface area contributed by atoms with Crippen LogP contribution in [0.25, 0.3) is 0 Å². The Bertz CT molecular complexity index is 845. The summed E-state index contributed by atoms with van der Waals surface area (Å²) in [4.78, 5) is 0. The van der Waals surface area contributed by atoms with Crippen molar-refractivity contribution in [2.24, 2.45) is 0 Å². The molecule has 3 nitrogen and oxygen atoms in total. The van der Waals surface area contributed by atoms with Gasteiger partial charge >= 0.3 is 0 Å². The summed E-state index contributed by atoms with van der Waals surface area (Å²) in [5.74, 6) is 2.77. The molecule has 27 heavy (non-hydrogen) atoms. The average Bonchev–Trinajstić information content (AvgIpc) is 3.01. The Kier molecular flexibility index (Phi) is 4.37. The predicted octanol–water partition coefficient (Wildman–Crippen LogP) is 5.43. The van der Waals surface area contributed by atoms with Crippen molar-refractivity contribution in [1.82, 2.24) is 0 Å². The first-order chi connectivity index (χ1) is 12.7. The van der Waals surface area contributed by atoms with E-state index in [1.54, 1.807) is 0 Å². The molecule has 3 heteroatoms. The van der Waals surface area contributed by atoms with Gasteiger partial charge in [0.1, 0.15) is 25.1 Å². The van der Waals surface area contributed by atoms with Gasteiger partial charge in [0.25, 0.3) is 0 Å². The molecule has 2 aromatic rings. The monoisotopic (exact) mass is 366 g/mol. The van der Waals surface area contributed by atoms with E-state index in [-0.39, 0.29) is 16.9 Å². The third-order valence-corrected chi connectivity index (χ3v) is 5.74. The largest absolute Gasteiger partial charge is 0.490 e. The van der Waals surface area contributed by atoms with Crippen LogP contribution in [0.5, 0.6) is 17.2 Å². The molecule has 2 aromatic carbocycles. The van der Waals surface area contributed by atoms with Crippen LogP contribution in [0.15, 0.2) is 36.4 Å². The highest BCUT2D eigenvalue weighted by atomic mass is 16.6. The molecule has 0 bridgehead atoms. The maximum absolute atomic E-state index is 6.36. The molecule has 0 radical (unpaired) electrons. The Morgan fingerprint density at radius 1 is 0.815 bits per heavy atom. The standard InChI is InChI=1S/C24H30O3/c1-23(2,3)17-7-6-16-12-19(27-21(16)13-17)15-24(4,5)18-8-9-20-22(14-18)26-11-10-25-20/h6-9,13-14,19H,10-12,15H2,1-5H3. The topological polar surface area (TPSA) is 27.7 Å². The van der Waals surface area contributed by atoms with Gasteiger partial charge in [-0.3, -0.25) is 0 Å². The van der Waals surface area contributed by atoms with E-state index >= 15 is 0 Å². The van der Waals surface area contributed by atoms with Gasteiger partial charge in [0, 0.05) is 6.42 Å². The smallest absolute Gasteiger partial charge is 0.161 e. The molecule has 0 spiro atoms. The van der Waals surface area contributed by atoms with Gasteiger partial charge < -0.3 is 14.2 Å². The maximum Gasteiger partial charge on any atom is 0.161 e. The average molecular weight is 367 g/mol. The van der Waals surface area contributed by atoms with Gasteiger partial charge in [0.2, 0.25) is 0 Å². The van der Waals surface area contributed by atoms with Crippen molar-refractivity contribution in [3.8, 4) is 17.2 Å². The molecular formula is C24H30O3. The third kappa shape index (κ3) is 3.65. The molecule has 0 aromatic heterocycles. The zero-order chi connectivity index (χ0) is 19.2. The highest BCUT2D eigenvalue weighted by molar-refractivity contribution is 5.46. The number of ether oxygens (including phenoxy) is 3. The minimum atomic E-state index is -0.00456. The van der Waals surface area contributed by atoms with E-state index in [2.05, 4.69) is 65.0 Å². The minimum absolute atomic E-state index is 0.00456. The highest BCUT2D eigenvalue weighted by Gasteiger charge is 2.32. The molecule has 0 saturated carbocycles. The number of benzene rings is 2. The zero-order valence-corrected chi connectivity index (χ0v) is 17.1. The molecule has 2 aliphatic heterocycles. The van der Waals surface area contributed by atoms with Crippen molar-refractivity contribution >= 4 is 0 Å². The molecule has 0 N–H and O–H groups in total. The second-order valence-electron chi connectivity index (χ2n) is 9.46. The van der Waals surface area contributed by atoms with Gasteiger partial charge in [0.05, 0.1) is 0 Å². The molecule has 2 heterocycles. The van der Waals surface area contributed by atoms with Crippen molar-refractivity contribution in [3.05, 3.63) is 53.1 Å². The van der Waals surface area contributed by atoms with Gasteiger partial charge in [-0.15, -0.1) is 0 Å². The molecule has 0 saturated heterocycles. The summed E-state index contributed by atoms with van der Waals surface area (Å²) in [5.41, 5.74) is 4.05. The van der Waals surface area contributed by atoms with E-state index in [4.69, 9.17) is 14.2 Å². The number of hydrogen-bond donors (Lipinski definition) is 0. The van der Waals surface area contributed by atoms with E-state index in [9.17, 15) is 0 Å². The summed E-state index contributed by atoms with van der Waals surface area (Å²) >= 11 is 0. The Labute approximate surface area is 162 Å². The normalized spacial score (nSPS) is 18.8. The Morgan fingerprint density at radius 3 is 2.22 bits per heavy atom. The van der Waals surface area contributed by atoms with E-state index < -0.39 is 0 Å². The fraction of sp³-hybridized carbons (Fsp3) is 0.500. The van der Waals surface area contributed by atoms with Crippen LogP contribution in [-0.2, 0) is 17.3 Å². The van der Waals surface area contributed by atoms with Crippen molar-refractivity contribution < 1.29 is 14.2 Å². The fourth-order valence-electron chi connectivity index (χ4n) is 4.03. The number of fused-ring (bicyclic) bond motifs is 2. The molecule has 0 amide bonds. The van der Waals surface area contributed by atoms with Crippen LogP contribution in [-0.4, -0.2) is 19.3 Å². The van der Waals surface area contributed by atoms with Crippen molar-refractivity contribution in [2.45, 2.75) is 64.4 Å². The van der Waals surface area contributed by atoms with E-state index in [1.165, 1.54) is 16.7 Å². The lowest BCUT2D eigenvalue weighted by Gasteiger charge is -2.29. The van der Waals surface area contributed by atoms with Gasteiger partial charge in [-0.25, -0.2) is 0 Å². The lowest BCUT2D eigenvalue weighted by molar-refractivity contribution is 0.169. The van der Waals surface area contributed by atoms with Crippen LogP contribution in [0, 0.1) is 0 Å². The quantitative estimate of drug-likeness (QED) is 0.725. The molecule has 4 rings (SSSR count). The first-order valence-electron chi connectivity index (χ1n) is 9.93. The van der Waals surface area contributed by atoms with E-state index in [0.717, 1.165) is 30.1 Å². The summed E-state index contributed by atoms with van der Waals surface area (Å²) < 4.78 is 17.8. The summed E-state index contributed by atoms with van der Waals surface area (Å²) in [7, 11) is 0. The van der Waals surface area contributed by atoms with E-state index in [1.807, 2.05) is 6.07 Å². The first kappa shape index (κ1) is 18.2. The SMILES string of the molecule is CC(C)(C)c1ccc2c(c1)OC(CC(C)(C)c1ccc3c(c1)OCCO3)C2. The van der Waals surface area contributed by atoms with Crippen molar-refractivity contribution in [1.29, 1.82) is 0 Å². The second kappa shape index (κ2) is 6.47. The van der Waals surface area contributed by atoms with Gasteiger partial charge in [0.15, 0.2) is 11.5 Å². The zero-order valence-electron chi connectivity index (χ0n) is 17.1. The minimum Gasteiger partial charge on any atom is -0.490 e. The fourth-order valence-corrected chi connectivity index (χ4v) is 4.03. The van der Waals surface area contributed by atoms with Gasteiger partial charge in [-0.1, -0.05) is 52.8 Å². The summed E-state index contributed by atoms with van der Waals surface area (Å²) in [6.45, 7) is 12.5. The summed E-state index contributed by atoms with van der Waals surface area (Å²) in [6, 6.07) is 13.0. The molecule has 1 unspecified atom stereocenters. The van der Waals surface area contributed by atoms with E-state index in [0.29, 0.717) is 13.2 Å². The second-order valence-corrected chi connectivity index (χ2v) is 9.46. The van der Waals surface area contributed by atoms with Gasteiger partial charge in [-0.05, 0) is 52.1 Å². The highest BCUT2D eigenvalue weighted by Crippen LogP contribution is 2.40. The predicted molar refractivity (Wildman–Crippen MR) is 108 cm³/mol. The Balaban J connectivity index is 1.50. The lowest BCUT2D eigenvalue weighted by atomic mass is 9.79. The summed E-state index contributed by atoms with van der Waals surface area (Å²) in [6.07, 6.45) is 2.15. The maximum atomic E-state index is 6.36. The Hall–Kier alpha value is -2.16. The van der Waals surface area contributed by atoms with Crippen LogP contribution in [0.1, 0.15) is 57.7 Å². The van der Waals surface area contributed by atoms with Crippen molar-refractivity contribution in [2.75, 3.05) is 13.2 Å². The van der Waals surface area contributed by atoms with Crippen LogP contribution < -0.4 is 14.2 Å². The first-order valence-corrected chi connectivity index (χ1v) is 9.93. The van der Waals surface area contributed by atoms with Crippen LogP contribution >= 0.6 is 0 Å². The molecule has 0 aliphatic carbocycles. The molecule has 2 aliphatic rings. The lowest BCUT2D eigenvalue weighted by Crippen LogP contribution is -2.27. The van der Waals surface area contributed by atoms with Gasteiger partial charge in [-0.2, -0.15) is 0 Å². The summed E-state index contributed by atoms with van der Waals surface area (Å²) in [5, 5.41) is 0. The third-order valence-electron chi connectivity index (χ3n) is 5.74.